The van der Waals surface area contributed by atoms with Crippen LogP contribution in [0.2, 0.25) is 0 Å². The smallest absolute Gasteiger partial charge is 0.255 e. The molecule has 0 atom stereocenters. The van der Waals surface area contributed by atoms with Gasteiger partial charge in [-0.1, -0.05) is 5.57 Å². The Hall–Kier alpha value is -1.38. The average molecular weight is 181 g/mol. The van der Waals surface area contributed by atoms with Gasteiger partial charge in [0.05, 0.1) is 0 Å². The summed E-state index contributed by atoms with van der Waals surface area (Å²) in [6.45, 7) is 4.30. The van der Waals surface area contributed by atoms with Gasteiger partial charge in [0.2, 0.25) is 0 Å². The highest BCUT2D eigenvalue weighted by Crippen LogP contribution is 2.12. The summed E-state index contributed by atoms with van der Waals surface area (Å²) in [6, 6.07) is 3.20. The minimum atomic E-state index is -0.565. The molecule has 0 N–H and O–H groups in total. The van der Waals surface area contributed by atoms with E-state index in [2.05, 4.69) is 4.98 Å². The number of allylic oxidation sites excluding steroid dienone is 1. The number of aromatic nitrogens is 1. The summed E-state index contributed by atoms with van der Waals surface area (Å²) in [4.78, 5) is 3.46. The number of halogens is 1. The quantitative estimate of drug-likeness (QED) is 0.528. The number of hydrogen-bond acceptors (Lipinski definition) is 2. The van der Waals surface area contributed by atoms with Crippen molar-refractivity contribution in [3.8, 4) is 5.75 Å². The van der Waals surface area contributed by atoms with Crippen LogP contribution in [-0.4, -0.2) is 11.6 Å². The highest BCUT2D eigenvalue weighted by Gasteiger charge is 2.00. The van der Waals surface area contributed by atoms with Gasteiger partial charge >= 0.3 is 0 Å². The summed E-state index contributed by atoms with van der Waals surface area (Å²) in [5.41, 5.74) is 1.14. The Balaban J connectivity index is 2.55. The van der Waals surface area contributed by atoms with Gasteiger partial charge < -0.3 is 4.74 Å². The van der Waals surface area contributed by atoms with Crippen molar-refractivity contribution < 1.29 is 9.13 Å². The van der Waals surface area contributed by atoms with Crippen LogP contribution in [0, 0.1) is 5.95 Å². The molecule has 0 saturated heterocycles. The van der Waals surface area contributed by atoms with Crippen LogP contribution in [0.4, 0.5) is 4.39 Å². The highest BCUT2D eigenvalue weighted by atomic mass is 19.1. The van der Waals surface area contributed by atoms with Gasteiger partial charge in [0.25, 0.3) is 5.95 Å². The van der Waals surface area contributed by atoms with Crippen LogP contribution in [0.3, 0.4) is 0 Å². The number of rotatable bonds is 3. The minimum Gasteiger partial charge on any atom is -0.485 e. The first-order valence-electron chi connectivity index (χ1n) is 4.07. The third kappa shape index (κ3) is 3.23. The molecule has 0 aliphatic carbocycles. The van der Waals surface area contributed by atoms with Gasteiger partial charge in [-0.3, -0.25) is 0 Å². The van der Waals surface area contributed by atoms with Crippen molar-refractivity contribution in [1.82, 2.24) is 4.98 Å². The normalized spacial score (nSPS) is 9.46. The topological polar surface area (TPSA) is 22.1 Å². The van der Waals surface area contributed by atoms with Crippen LogP contribution in [0.1, 0.15) is 13.8 Å². The SMILES string of the molecule is CC(C)=CCOc1cccnc1F. The van der Waals surface area contributed by atoms with Crippen molar-refractivity contribution in [3.05, 3.63) is 35.9 Å². The molecule has 1 aromatic rings. The van der Waals surface area contributed by atoms with Gasteiger partial charge in [0, 0.05) is 6.20 Å². The molecule has 0 aliphatic heterocycles. The summed E-state index contributed by atoms with van der Waals surface area (Å²) < 4.78 is 18.0. The molecular weight excluding hydrogens is 169 g/mol. The van der Waals surface area contributed by atoms with Gasteiger partial charge in [-0.25, -0.2) is 4.98 Å². The van der Waals surface area contributed by atoms with Crippen molar-refractivity contribution in [3.63, 3.8) is 0 Å². The monoisotopic (exact) mass is 181 g/mol. The molecule has 0 aliphatic rings. The molecule has 0 bridgehead atoms. The van der Waals surface area contributed by atoms with E-state index in [1.165, 1.54) is 6.20 Å². The van der Waals surface area contributed by atoms with Gasteiger partial charge in [0.15, 0.2) is 5.75 Å². The van der Waals surface area contributed by atoms with Gasteiger partial charge in [0.1, 0.15) is 6.61 Å². The molecule has 0 radical (unpaired) electrons. The maximum Gasteiger partial charge on any atom is 0.255 e. The minimum absolute atomic E-state index is 0.194. The fourth-order valence-electron chi connectivity index (χ4n) is 0.777. The maximum atomic E-state index is 12.9. The van der Waals surface area contributed by atoms with E-state index >= 15 is 0 Å². The van der Waals surface area contributed by atoms with Gasteiger partial charge in [-0.05, 0) is 32.1 Å². The maximum absolute atomic E-state index is 12.9. The molecule has 0 amide bonds. The first-order chi connectivity index (χ1) is 6.20. The van der Waals surface area contributed by atoms with E-state index < -0.39 is 5.95 Å². The Morgan fingerprint density at radius 3 is 3.00 bits per heavy atom. The number of ether oxygens (including phenoxy) is 1. The standard InChI is InChI=1S/C10H12FNO/c1-8(2)5-7-13-9-4-3-6-12-10(9)11/h3-6H,7H2,1-2H3. The van der Waals surface area contributed by atoms with Gasteiger partial charge in [-0.15, -0.1) is 0 Å². The molecule has 0 unspecified atom stereocenters. The second kappa shape index (κ2) is 4.60. The molecule has 1 aromatic heterocycles. The highest BCUT2D eigenvalue weighted by molar-refractivity contribution is 5.18. The summed E-state index contributed by atoms with van der Waals surface area (Å²) >= 11 is 0. The third-order valence-electron chi connectivity index (χ3n) is 1.46. The second-order valence-electron chi connectivity index (χ2n) is 2.88. The van der Waals surface area contributed by atoms with Crippen LogP contribution in [0.25, 0.3) is 0 Å². The molecule has 3 heteroatoms. The van der Waals surface area contributed by atoms with Crippen molar-refractivity contribution in [1.29, 1.82) is 0 Å². The molecule has 0 spiro atoms. The number of pyridine rings is 1. The van der Waals surface area contributed by atoms with E-state index in [4.69, 9.17) is 4.74 Å². The molecule has 0 saturated carbocycles. The van der Waals surface area contributed by atoms with Crippen LogP contribution in [-0.2, 0) is 0 Å². The Morgan fingerprint density at radius 2 is 2.38 bits per heavy atom. The van der Waals surface area contributed by atoms with E-state index in [1.807, 2.05) is 19.9 Å². The fourth-order valence-corrected chi connectivity index (χ4v) is 0.777. The van der Waals surface area contributed by atoms with Crippen molar-refractivity contribution >= 4 is 0 Å². The lowest BCUT2D eigenvalue weighted by atomic mass is 10.3. The zero-order valence-corrected chi connectivity index (χ0v) is 7.75. The van der Waals surface area contributed by atoms with Crippen LogP contribution in [0.5, 0.6) is 5.75 Å². The molecule has 1 heterocycles. The first kappa shape index (κ1) is 9.71. The summed E-state index contributed by atoms with van der Waals surface area (Å²) in [7, 11) is 0. The van der Waals surface area contributed by atoms with E-state index in [0.717, 1.165) is 5.57 Å². The fraction of sp³-hybridized carbons (Fsp3) is 0.300. The van der Waals surface area contributed by atoms with Crippen LogP contribution < -0.4 is 4.74 Å². The number of nitrogens with zero attached hydrogens (tertiary/aromatic N) is 1. The van der Waals surface area contributed by atoms with Crippen molar-refractivity contribution in [2.24, 2.45) is 0 Å². The molecular formula is C10H12FNO. The van der Waals surface area contributed by atoms with Crippen molar-refractivity contribution in [2.75, 3.05) is 6.61 Å². The summed E-state index contributed by atoms with van der Waals surface area (Å²) in [5.74, 6) is -0.371. The summed E-state index contributed by atoms with van der Waals surface area (Å²) in [5, 5.41) is 0. The van der Waals surface area contributed by atoms with E-state index in [-0.39, 0.29) is 5.75 Å². The summed E-state index contributed by atoms with van der Waals surface area (Å²) in [6.07, 6.45) is 3.27. The average Bonchev–Trinajstić information content (AvgIpc) is 2.08. The number of hydrogen-bond donors (Lipinski definition) is 0. The Bertz CT molecular complexity index is 306. The Morgan fingerprint density at radius 1 is 1.62 bits per heavy atom. The van der Waals surface area contributed by atoms with Crippen LogP contribution in [0.15, 0.2) is 30.0 Å². The second-order valence-corrected chi connectivity index (χ2v) is 2.88. The van der Waals surface area contributed by atoms with E-state index in [0.29, 0.717) is 6.61 Å². The molecule has 13 heavy (non-hydrogen) atoms. The zero-order valence-electron chi connectivity index (χ0n) is 7.75. The van der Waals surface area contributed by atoms with E-state index in [9.17, 15) is 4.39 Å². The van der Waals surface area contributed by atoms with Crippen molar-refractivity contribution in [2.45, 2.75) is 13.8 Å². The Kier molecular flexibility index (Phi) is 3.43. The molecule has 2 nitrogen and oxygen atoms in total. The molecule has 0 fully saturated rings. The third-order valence-corrected chi connectivity index (χ3v) is 1.46. The zero-order chi connectivity index (χ0) is 9.68. The predicted octanol–water partition coefficient (Wildman–Crippen LogP) is 2.57. The molecule has 0 aromatic carbocycles. The van der Waals surface area contributed by atoms with E-state index in [1.54, 1.807) is 12.1 Å². The largest absolute Gasteiger partial charge is 0.485 e. The lowest BCUT2D eigenvalue weighted by Crippen LogP contribution is -1.97. The predicted molar refractivity (Wildman–Crippen MR) is 49.1 cm³/mol. The lowest BCUT2D eigenvalue weighted by Gasteiger charge is -2.02. The molecule has 1 rings (SSSR count). The Labute approximate surface area is 77.1 Å². The molecule has 70 valence electrons. The van der Waals surface area contributed by atoms with Gasteiger partial charge in [-0.2, -0.15) is 4.39 Å². The van der Waals surface area contributed by atoms with Crippen LogP contribution >= 0.6 is 0 Å². The first-order valence-corrected chi connectivity index (χ1v) is 4.07. The lowest BCUT2D eigenvalue weighted by molar-refractivity contribution is 0.334.